The number of fused-ring (bicyclic) bond motifs is 5. The molecule has 4 fully saturated rings. The highest BCUT2D eigenvalue weighted by atomic mass is 16.5. The van der Waals surface area contributed by atoms with Gasteiger partial charge in [0, 0.05) is 17.8 Å². The van der Waals surface area contributed by atoms with E-state index in [2.05, 4.69) is 20.8 Å². The molecule has 0 bridgehead atoms. The van der Waals surface area contributed by atoms with Gasteiger partial charge in [0.15, 0.2) is 0 Å². The molecule has 4 aliphatic carbocycles. The number of carboxylic acid groups (broad SMARTS) is 1. The number of hydrogen-bond acceptors (Lipinski definition) is 7. The van der Waals surface area contributed by atoms with E-state index in [1.54, 1.807) is 0 Å². The fourth-order valence-corrected chi connectivity index (χ4v) is 9.30. The highest BCUT2D eigenvalue weighted by molar-refractivity contribution is 5.66. The van der Waals surface area contributed by atoms with Gasteiger partial charge in [0.25, 0.3) is 19.4 Å². The summed E-state index contributed by atoms with van der Waals surface area (Å²) < 4.78 is 17.0. The van der Waals surface area contributed by atoms with E-state index in [1.165, 1.54) is 0 Å². The van der Waals surface area contributed by atoms with Gasteiger partial charge in [-0.25, -0.2) is 0 Å². The maximum atomic E-state index is 11.7. The van der Waals surface area contributed by atoms with Crippen LogP contribution in [0.5, 0.6) is 0 Å². The van der Waals surface area contributed by atoms with Crippen molar-refractivity contribution in [3.8, 4) is 0 Å². The van der Waals surface area contributed by atoms with Crippen LogP contribution in [0, 0.1) is 46.3 Å². The first-order chi connectivity index (χ1) is 16.7. The lowest BCUT2D eigenvalue weighted by molar-refractivity contribution is -0.218. The summed E-state index contributed by atoms with van der Waals surface area (Å²) >= 11 is 0. The van der Waals surface area contributed by atoms with Crippen LogP contribution in [0.2, 0.25) is 0 Å². The van der Waals surface area contributed by atoms with Crippen LogP contribution in [0.25, 0.3) is 0 Å². The Morgan fingerprint density at radius 1 is 0.971 bits per heavy atom. The summed E-state index contributed by atoms with van der Waals surface area (Å²) in [5, 5.41) is 9.23. The summed E-state index contributed by atoms with van der Waals surface area (Å²) in [6, 6.07) is 0. The SMILES string of the molecule is C[C@H](CCC(=O)O)[C@H]1CC[C@H]2[C@H]3[C@@H](C[C@H](OC=O)[C@]12C)[C@@]1(C)CC[C@@H](OC=O)C[C@H]1C[C@H]3OC=O. The number of aliphatic carboxylic acids is 1. The average Bonchev–Trinajstić information content (AvgIpc) is 3.17. The van der Waals surface area contributed by atoms with Gasteiger partial charge in [-0.3, -0.25) is 19.2 Å². The normalized spacial score (nSPS) is 45.1. The molecule has 4 saturated carbocycles. The van der Waals surface area contributed by atoms with E-state index < -0.39 is 5.97 Å². The molecule has 0 radical (unpaired) electrons. The van der Waals surface area contributed by atoms with Crippen molar-refractivity contribution in [2.75, 3.05) is 0 Å². The zero-order valence-electron chi connectivity index (χ0n) is 21.1. The topological polar surface area (TPSA) is 116 Å². The fourth-order valence-electron chi connectivity index (χ4n) is 9.30. The van der Waals surface area contributed by atoms with E-state index >= 15 is 0 Å². The van der Waals surface area contributed by atoms with Gasteiger partial charge in [0.1, 0.15) is 18.3 Å². The molecule has 0 aromatic carbocycles. The lowest BCUT2D eigenvalue weighted by Gasteiger charge is -2.64. The first-order valence-corrected chi connectivity index (χ1v) is 13.2. The molecule has 0 amide bonds. The van der Waals surface area contributed by atoms with E-state index in [9.17, 15) is 24.3 Å². The third-order valence-electron chi connectivity index (χ3n) is 11.0. The number of carboxylic acids is 1. The molecular weight excluding hydrogens is 452 g/mol. The molecule has 0 aromatic rings. The fraction of sp³-hybridized carbons (Fsp3) is 0.852. The minimum Gasteiger partial charge on any atom is -0.481 e. The van der Waals surface area contributed by atoms with Crippen LogP contribution in [0.4, 0.5) is 0 Å². The molecular formula is C27H40O8. The first-order valence-electron chi connectivity index (χ1n) is 13.2. The highest BCUT2D eigenvalue weighted by Crippen LogP contribution is 2.69. The van der Waals surface area contributed by atoms with Gasteiger partial charge in [0.2, 0.25) is 0 Å². The largest absolute Gasteiger partial charge is 0.481 e. The zero-order valence-corrected chi connectivity index (χ0v) is 21.1. The molecule has 11 atom stereocenters. The Kier molecular flexibility index (Phi) is 7.49. The van der Waals surface area contributed by atoms with E-state index in [-0.39, 0.29) is 71.1 Å². The summed E-state index contributed by atoms with van der Waals surface area (Å²) in [5.41, 5.74) is -0.319. The molecule has 0 heterocycles. The molecule has 0 spiro atoms. The van der Waals surface area contributed by atoms with Crippen LogP contribution < -0.4 is 0 Å². The Hall–Kier alpha value is -2.12. The van der Waals surface area contributed by atoms with Crippen molar-refractivity contribution >= 4 is 25.4 Å². The molecule has 0 saturated heterocycles. The van der Waals surface area contributed by atoms with Crippen molar-refractivity contribution in [3.63, 3.8) is 0 Å². The Morgan fingerprint density at radius 3 is 2.34 bits per heavy atom. The standard InChI is InChI=1S/C27H40O8/c1-16(4-7-24(31)32)19-5-6-20-25-21(12-23(35-15-30)27(19,20)3)26(2)9-8-18(33-13-28)10-17(26)11-22(25)34-14-29/h13-23,25H,4-12H2,1-3H3,(H,31,32)/t16-,17+,18-,19-,20+,21-,22-,23+,25+,26+,27-/m1/s1. The van der Waals surface area contributed by atoms with Gasteiger partial charge in [-0.1, -0.05) is 20.8 Å². The van der Waals surface area contributed by atoms with Gasteiger partial charge in [-0.05, 0) is 86.4 Å². The molecule has 4 rings (SSSR count). The predicted octanol–water partition coefficient (Wildman–Crippen LogP) is 3.99. The van der Waals surface area contributed by atoms with Gasteiger partial charge in [0.05, 0.1) is 0 Å². The number of ether oxygens (including phenoxy) is 3. The molecule has 1 N–H and O–H groups in total. The minimum atomic E-state index is -0.791. The van der Waals surface area contributed by atoms with Crippen LogP contribution in [0.15, 0.2) is 0 Å². The van der Waals surface area contributed by atoms with Crippen molar-refractivity contribution in [1.82, 2.24) is 0 Å². The van der Waals surface area contributed by atoms with E-state index in [4.69, 9.17) is 14.2 Å². The Labute approximate surface area is 207 Å². The zero-order chi connectivity index (χ0) is 25.4. The van der Waals surface area contributed by atoms with E-state index in [0.29, 0.717) is 32.3 Å². The summed E-state index contributed by atoms with van der Waals surface area (Å²) in [6.07, 6.45) is 5.98. The van der Waals surface area contributed by atoms with Crippen LogP contribution in [-0.4, -0.2) is 48.8 Å². The van der Waals surface area contributed by atoms with Crippen molar-refractivity contribution in [3.05, 3.63) is 0 Å². The lowest BCUT2D eigenvalue weighted by Crippen LogP contribution is -2.63. The first kappa shape index (κ1) is 26.0. The number of rotatable bonds is 10. The predicted molar refractivity (Wildman–Crippen MR) is 125 cm³/mol. The number of carbonyl (C=O) groups excluding carboxylic acids is 3. The maximum Gasteiger partial charge on any atom is 0.303 e. The Balaban J connectivity index is 1.68. The van der Waals surface area contributed by atoms with Gasteiger partial charge >= 0.3 is 5.97 Å². The summed E-state index contributed by atoms with van der Waals surface area (Å²) in [6.45, 7) is 8.34. The third-order valence-corrected chi connectivity index (χ3v) is 11.0. The third kappa shape index (κ3) is 4.35. The Bertz CT molecular complexity index is 815. The van der Waals surface area contributed by atoms with Crippen LogP contribution in [-0.2, 0) is 33.4 Å². The van der Waals surface area contributed by atoms with Crippen LogP contribution in [0.1, 0.15) is 78.6 Å². The van der Waals surface area contributed by atoms with Crippen LogP contribution >= 0.6 is 0 Å². The summed E-state index contributed by atoms with van der Waals surface area (Å²) in [7, 11) is 0. The molecule has 0 unspecified atom stereocenters. The summed E-state index contributed by atoms with van der Waals surface area (Å²) in [4.78, 5) is 45.5. The van der Waals surface area contributed by atoms with Crippen LogP contribution in [0.3, 0.4) is 0 Å². The summed E-state index contributed by atoms with van der Waals surface area (Å²) in [5.74, 6) is 0.481. The average molecular weight is 493 g/mol. The molecule has 8 heteroatoms. The van der Waals surface area contributed by atoms with Gasteiger partial charge in [-0.15, -0.1) is 0 Å². The monoisotopic (exact) mass is 492 g/mol. The molecule has 4 aliphatic rings. The van der Waals surface area contributed by atoms with Gasteiger partial charge < -0.3 is 19.3 Å². The second-order valence-electron chi connectivity index (χ2n) is 12.0. The van der Waals surface area contributed by atoms with Crippen molar-refractivity contribution < 1.29 is 38.5 Å². The second-order valence-corrected chi connectivity index (χ2v) is 12.0. The minimum absolute atomic E-state index is 0.0189. The smallest absolute Gasteiger partial charge is 0.303 e. The van der Waals surface area contributed by atoms with E-state index in [1.807, 2.05) is 0 Å². The maximum absolute atomic E-state index is 11.7. The molecule has 0 aliphatic heterocycles. The van der Waals surface area contributed by atoms with Crippen molar-refractivity contribution in [2.45, 2.75) is 96.9 Å². The van der Waals surface area contributed by atoms with Crippen molar-refractivity contribution in [1.29, 1.82) is 0 Å². The second kappa shape index (κ2) is 10.1. The number of carbonyl (C=O) groups is 4. The quantitative estimate of drug-likeness (QED) is 0.359. The van der Waals surface area contributed by atoms with Crippen molar-refractivity contribution in [2.24, 2.45) is 46.3 Å². The highest BCUT2D eigenvalue weighted by Gasteiger charge is 2.67. The molecule has 0 aromatic heterocycles. The van der Waals surface area contributed by atoms with E-state index in [0.717, 1.165) is 38.5 Å². The number of hydrogen-bond donors (Lipinski definition) is 1. The van der Waals surface area contributed by atoms with Gasteiger partial charge in [-0.2, -0.15) is 0 Å². The molecule has 35 heavy (non-hydrogen) atoms. The Morgan fingerprint density at radius 2 is 1.69 bits per heavy atom. The molecule has 8 nitrogen and oxygen atoms in total. The molecule has 196 valence electrons. The lowest BCUT2D eigenvalue weighted by atomic mass is 9.43.